The molecule has 0 aliphatic heterocycles. The van der Waals surface area contributed by atoms with Crippen LogP contribution in [0.15, 0.2) is 23.2 Å². The first-order chi connectivity index (χ1) is 11.6. The molecule has 0 aromatic heterocycles. The van der Waals surface area contributed by atoms with Gasteiger partial charge in [0.2, 0.25) is 0 Å². The number of aromatic hydroxyl groups is 1. The van der Waals surface area contributed by atoms with E-state index in [9.17, 15) is 5.11 Å². The topological polar surface area (TPSA) is 75.1 Å². The van der Waals surface area contributed by atoms with Gasteiger partial charge in [-0.1, -0.05) is 26.0 Å². The highest BCUT2D eigenvalue weighted by Crippen LogP contribution is 2.29. The van der Waals surface area contributed by atoms with Gasteiger partial charge in [0.25, 0.3) is 0 Å². The number of nitrogens with zero attached hydrogens (tertiary/aromatic N) is 1. The Labute approximate surface area is 168 Å². The third-order valence-corrected chi connectivity index (χ3v) is 3.43. The van der Waals surface area contributed by atoms with Crippen LogP contribution in [0.2, 0.25) is 0 Å². The Morgan fingerprint density at radius 1 is 1.24 bits per heavy atom. The number of halogens is 1. The molecule has 0 aliphatic carbocycles. The second-order valence-electron chi connectivity index (χ2n) is 5.88. The largest absolute Gasteiger partial charge is 0.504 e. The van der Waals surface area contributed by atoms with Crippen LogP contribution in [0.1, 0.15) is 32.8 Å². The summed E-state index contributed by atoms with van der Waals surface area (Å²) in [7, 11) is 1.53. The van der Waals surface area contributed by atoms with Crippen LogP contribution in [0.25, 0.3) is 0 Å². The summed E-state index contributed by atoms with van der Waals surface area (Å²) < 4.78 is 10.7. The number of para-hydroxylation sites is 1. The van der Waals surface area contributed by atoms with E-state index in [-0.39, 0.29) is 29.7 Å². The van der Waals surface area contributed by atoms with Gasteiger partial charge in [0.15, 0.2) is 17.5 Å². The Kier molecular flexibility index (Phi) is 13.3. The smallest absolute Gasteiger partial charge is 0.191 e. The van der Waals surface area contributed by atoms with Gasteiger partial charge < -0.3 is 25.2 Å². The number of methoxy groups -OCH3 is 1. The minimum Gasteiger partial charge on any atom is -0.504 e. The lowest BCUT2D eigenvalue weighted by atomic mass is 10.1. The predicted molar refractivity (Wildman–Crippen MR) is 113 cm³/mol. The van der Waals surface area contributed by atoms with Gasteiger partial charge in [-0.05, 0) is 25.3 Å². The lowest BCUT2D eigenvalue weighted by molar-refractivity contribution is 0.128. The monoisotopic (exact) mass is 465 g/mol. The normalized spacial score (nSPS) is 11.2. The molecule has 25 heavy (non-hydrogen) atoms. The van der Waals surface area contributed by atoms with Crippen LogP contribution in [0.5, 0.6) is 11.5 Å². The highest BCUT2D eigenvalue weighted by atomic mass is 127. The average Bonchev–Trinajstić information content (AvgIpc) is 2.56. The molecule has 0 saturated carbocycles. The van der Waals surface area contributed by atoms with Crippen LogP contribution < -0.4 is 15.4 Å². The molecule has 0 amide bonds. The fourth-order valence-corrected chi connectivity index (χ4v) is 2.03. The molecule has 0 aliphatic rings. The Bertz CT molecular complexity index is 510. The zero-order valence-corrected chi connectivity index (χ0v) is 18.0. The number of phenolic OH excluding ortho intramolecular Hbond substituents is 1. The molecule has 0 atom stereocenters. The highest BCUT2D eigenvalue weighted by molar-refractivity contribution is 14.0. The number of phenols is 1. The second-order valence-corrected chi connectivity index (χ2v) is 5.88. The number of hydrogen-bond donors (Lipinski definition) is 3. The SMILES string of the molecule is CCNC(=NCc1cccc(OC)c1O)NCCOCCC(C)C.I. The minimum atomic E-state index is 0. The van der Waals surface area contributed by atoms with E-state index in [2.05, 4.69) is 29.5 Å². The summed E-state index contributed by atoms with van der Waals surface area (Å²) in [4.78, 5) is 4.49. The third kappa shape index (κ3) is 9.74. The van der Waals surface area contributed by atoms with E-state index < -0.39 is 0 Å². The molecule has 0 bridgehead atoms. The first kappa shape index (κ1) is 23.8. The van der Waals surface area contributed by atoms with Gasteiger partial charge in [0.05, 0.1) is 20.3 Å². The van der Waals surface area contributed by atoms with Crippen LogP contribution in [-0.2, 0) is 11.3 Å². The van der Waals surface area contributed by atoms with E-state index in [0.717, 1.165) is 25.1 Å². The van der Waals surface area contributed by atoms with Crippen molar-refractivity contribution in [1.29, 1.82) is 0 Å². The third-order valence-electron chi connectivity index (χ3n) is 3.43. The Balaban J connectivity index is 0.00000576. The molecule has 0 heterocycles. The fourth-order valence-electron chi connectivity index (χ4n) is 2.03. The zero-order chi connectivity index (χ0) is 17.8. The number of ether oxygens (including phenoxy) is 2. The van der Waals surface area contributed by atoms with Crippen molar-refractivity contribution in [2.45, 2.75) is 33.7 Å². The molecule has 1 rings (SSSR count). The standard InChI is InChI=1S/C18H31N3O3.HI/c1-5-19-18(20-10-12-24-11-9-14(2)3)21-13-15-7-6-8-16(23-4)17(15)22;/h6-8,14,22H,5,9-13H2,1-4H3,(H2,19,20,21);1H. The number of aliphatic imine (C=N–C) groups is 1. The lowest BCUT2D eigenvalue weighted by Gasteiger charge is -2.12. The van der Waals surface area contributed by atoms with Crippen molar-refractivity contribution in [3.63, 3.8) is 0 Å². The number of guanidine groups is 1. The Morgan fingerprint density at radius 3 is 2.64 bits per heavy atom. The Morgan fingerprint density at radius 2 is 2.00 bits per heavy atom. The van der Waals surface area contributed by atoms with E-state index in [1.807, 2.05) is 19.1 Å². The van der Waals surface area contributed by atoms with Crippen molar-refractivity contribution in [2.24, 2.45) is 10.9 Å². The molecule has 0 fully saturated rings. The average molecular weight is 465 g/mol. The van der Waals surface area contributed by atoms with Crippen molar-refractivity contribution < 1.29 is 14.6 Å². The lowest BCUT2D eigenvalue weighted by Crippen LogP contribution is -2.39. The molecule has 144 valence electrons. The molecular formula is C18H32IN3O3. The molecule has 7 heteroatoms. The van der Waals surface area contributed by atoms with Crippen LogP contribution in [0.3, 0.4) is 0 Å². The van der Waals surface area contributed by atoms with Crippen molar-refractivity contribution in [3.8, 4) is 11.5 Å². The van der Waals surface area contributed by atoms with Gasteiger partial charge in [0.1, 0.15) is 0 Å². The number of rotatable bonds is 10. The molecule has 6 nitrogen and oxygen atoms in total. The number of nitrogens with one attached hydrogen (secondary N) is 2. The van der Waals surface area contributed by atoms with Crippen LogP contribution in [-0.4, -0.2) is 44.5 Å². The molecular weight excluding hydrogens is 433 g/mol. The first-order valence-electron chi connectivity index (χ1n) is 8.53. The van der Waals surface area contributed by atoms with Crippen molar-refractivity contribution in [2.75, 3.05) is 33.4 Å². The van der Waals surface area contributed by atoms with E-state index in [1.54, 1.807) is 6.07 Å². The van der Waals surface area contributed by atoms with Crippen molar-refractivity contribution in [1.82, 2.24) is 10.6 Å². The van der Waals surface area contributed by atoms with Crippen molar-refractivity contribution >= 4 is 29.9 Å². The molecule has 1 aromatic rings. The fraction of sp³-hybridized carbons (Fsp3) is 0.611. The maximum Gasteiger partial charge on any atom is 0.191 e. The van der Waals surface area contributed by atoms with Gasteiger partial charge >= 0.3 is 0 Å². The maximum absolute atomic E-state index is 10.1. The Hall–Kier alpha value is -1.22. The summed E-state index contributed by atoms with van der Waals surface area (Å²) in [5.41, 5.74) is 0.722. The van der Waals surface area contributed by atoms with Gasteiger partial charge in [-0.3, -0.25) is 0 Å². The maximum atomic E-state index is 10.1. The summed E-state index contributed by atoms with van der Waals surface area (Å²) in [6.45, 7) is 9.63. The predicted octanol–water partition coefficient (Wildman–Crippen LogP) is 3.14. The van der Waals surface area contributed by atoms with Gasteiger partial charge in [0, 0.05) is 25.3 Å². The van der Waals surface area contributed by atoms with E-state index >= 15 is 0 Å². The minimum absolute atomic E-state index is 0. The van der Waals surface area contributed by atoms with E-state index in [1.165, 1.54) is 7.11 Å². The van der Waals surface area contributed by atoms with Gasteiger partial charge in [-0.2, -0.15) is 0 Å². The summed E-state index contributed by atoms with van der Waals surface area (Å²) in [6, 6.07) is 5.40. The summed E-state index contributed by atoms with van der Waals surface area (Å²) >= 11 is 0. The van der Waals surface area contributed by atoms with Gasteiger partial charge in [-0.25, -0.2) is 4.99 Å². The highest BCUT2D eigenvalue weighted by Gasteiger charge is 2.07. The van der Waals surface area contributed by atoms with Gasteiger partial charge in [-0.15, -0.1) is 24.0 Å². The van der Waals surface area contributed by atoms with Crippen LogP contribution >= 0.6 is 24.0 Å². The second kappa shape index (κ2) is 14.0. The first-order valence-corrected chi connectivity index (χ1v) is 8.53. The van der Waals surface area contributed by atoms with E-state index in [4.69, 9.17) is 9.47 Å². The number of hydrogen-bond acceptors (Lipinski definition) is 4. The van der Waals surface area contributed by atoms with Crippen LogP contribution in [0, 0.1) is 5.92 Å². The quantitative estimate of drug-likeness (QED) is 0.214. The van der Waals surface area contributed by atoms with Crippen molar-refractivity contribution in [3.05, 3.63) is 23.8 Å². The molecule has 0 saturated heterocycles. The number of benzene rings is 1. The molecule has 1 aromatic carbocycles. The summed E-state index contributed by atoms with van der Waals surface area (Å²) in [5.74, 6) is 1.95. The molecule has 3 N–H and O–H groups in total. The molecule has 0 radical (unpaired) electrons. The molecule has 0 unspecified atom stereocenters. The van der Waals surface area contributed by atoms with E-state index in [0.29, 0.717) is 37.3 Å². The molecule has 0 spiro atoms. The summed E-state index contributed by atoms with van der Waals surface area (Å²) in [5, 5.41) is 16.5. The zero-order valence-electron chi connectivity index (χ0n) is 15.7. The summed E-state index contributed by atoms with van der Waals surface area (Å²) in [6.07, 6.45) is 1.07. The van der Waals surface area contributed by atoms with Crippen LogP contribution in [0.4, 0.5) is 0 Å².